The third kappa shape index (κ3) is 7.14. The topological polar surface area (TPSA) is 86.9 Å². The molecule has 0 saturated carbocycles. The molecule has 0 unspecified atom stereocenters. The average molecular weight is 515 g/mol. The first-order valence-electron chi connectivity index (χ1n) is 12.6. The number of hydrogen-bond acceptors (Lipinski definition) is 4. The van der Waals surface area contributed by atoms with E-state index in [0.29, 0.717) is 37.6 Å². The second-order valence-electron chi connectivity index (χ2n) is 8.98. The van der Waals surface area contributed by atoms with Crippen molar-refractivity contribution in [2.24, 2.45) is 0 Å². The molecule has 0 aliphatic rings. The molecule has 0 radical (unpaired) electrons. The molecule has 0 saturated heterocycles. The number of para-hydroxylation sites is 1. The number of H-pyrrole nitrogens is 1. The maximum Gasteiger partial charge on any atom is 0.322 e. The van der Waals surface area contributed by atoms with Gasteiger partial charge in [-0.3, -0.25) is 4.79 Å². The van der Waals surface area contributed by atoms with Crippen LogP contribution in [-0.2, 0) is 22.5 Å². The zero-order valence-electron chi connectivity index (χ0n) is 21.9. The van der Waals surface area contributed by atoms with Gasteiger partial charge >= 0.3 is 6.03 Å². The summed E-state index contributed by atoms with van der Waals surface area (Å²) in [6.07, 6.45) is 2.70. The van der Waals surface area contributed by atoms with Crippen molar-refractivity contribution in [2.45, 2.75) is 13.0 Å². The summed E-state index contributed by atoms with van der Waals surface area (Å²) in [5.41, 5.74) is 3.88. The summed E-state index contributed by atoms with van der Waals surface area (Å²) in [7, 11) is 3.16. The Bertz CT molecular complexity index is 1320. The molecule has 3 amide bonds. The summed E-state index contributed by atoms with van der Waals surface area (Å²) >= 11 is 0. The number of nitrogens with zero attached hydrogens (tertiary/aromatic N) is 2. The third-order valence-corrected chi connectivity index (χ3v) is 6.41. The van der Waals surface area contributed by atoms with E-state index in [9.17, 15) is 9.59 Å². The van der Waals surface area contributed by atoms with Gasteiger partial charge in [-0.2, -0.15) is 0 Å². The van der Waals surface area contributed by atoms with Gasteiger partial charge in [0.25, 0.3) is 0 Å². The summed E-state index contributed by atoms with van der Waals surface area (Å²) < 4.78 is 10.4. The fourth-order valence-electron chi connectivity index (χ4n) is 4.28. The Balaban J connectivity index is 1.48. The van der Waals surface area contributed by atoms with Crippen molar-refractivity contribution in [3.8, 4) is 5.75 Å². The van der Waals surface area contributed by atoms with E-state index in [0.717, 1.165) is 22.0 Å². The highest BCUT2D eigenvalue weighted by atomic mass is 16.5. The lowest BCUT2D eigenvalue weighted by atomic mass is 10.1. The molecule has 0 aliphatic heterocycles. The van der Waals surface area contributed by atoms with E-state index in [4.69, 9.17) is 9.47 Å². The smallest absolute Gasteiger partial charge is 0.322 e. The summed E-state index contributed by atoms with van der Waals surface area (Å²) in [5, 5.41) is 4.02. The van der Waals surface area contributed by atoms with Crippen LogP contribution in [0.3, 0.4) is 0 Å². The van der Waals surface area contributed by atoms with Crippen LogP contribution >= 0.6 is 0 Å². The first kappa shape index (κ1) is 26.8. The van der Waals surface area contributed by atoms with Gasteiger partial charge in [0.1, 0.15) is 12.3 Å². The van der Waals surface area contributed by atoms with E-state index < -0.39 is 0 Å². The van der Waals surface area contributed by atoms with Gasteiger partial charge < -0.3 is 29.6 Å². The van der Waals surface area contributed by atoms with Gasteiger partial charge in [-0.15, -0.1) is 0 Å². The van der Waals surface area contributed by atoms with Gasteiger partial charge in [0.2, 0.25) is 5.91 Å². The molecule has 0 aliphatic carbocycles. The normalized spacial score (nSPS) is 10.8. The molecule has 1 heterocycles. The zero-order valence-corrected chi connectivity index (χ0v) is 21.9. The minimum absolute atomic E-state index is 0.0634. The van der Waals surface area contributed by atoms with Crippen molar-refractivity contribution in [2.75, 3.05) is 45.8 Å². The number of carbonyl (C=O) groups excluding carboxylic acids is 2. The van der Waals surface area contributed by atoms with Crippen molar-refractivity contribution >= 4 is 28.5 Å². The van der Waals surface area contributed by atoms with Gasteiger partial charge in [0.05, 0.1) is 13.7 Å². The number of urea groups is 1. The second kappa shape index (κ2) is 13.3. The van der Waals surface area contributed by atoms with Crippen molar-refractivity contribution in [3.05, 3.63) is 96.2 Å². The van der Waals surface area contributed by atoms with Gasteiger partial charge in [0, 0.05) is 49.5 Å². The van der Waals surface area contributed by atoms with Crippen molar-refractivity contribution in [1.29, 1.82) is 0 Å². The molecule has 0 bridgehead atoms. The molecule has 4 aromatic rings. The van der Waals surface area contributed by atoms with Crippen LogP contribution in [0.5, 0.6) is 5.75 Å². The summed E-state index contributed by atoms with van der Waals surface area (Å²) in [6, 6.07) is 24.7. The summed E-state index contributed by atoms with van der Waals surface area (Å²) in [6.45, 7) is 1.52. The first-order chi connectivity index (χ1) is 18.6. The van der Waals surface area contributed by atoms with Crippen LogP contribution < -0.4 is 10.1 Å². The highest BCUT2D eigenvalue weighted by Crippen LogP contribution is 2.19. The van der Waals surface area contributed by atoms with Crippen LogP contribution in [0.2, 0.25) is 0 Å². The second-order valence-corrected chi connectivity index (χ2v) is 8.98. The Kier molecular flexibility index (Phi) is 9.37. The van der Waals surface area contributed by atoms with E-state index in [1.807, 2.05) is 59.6 Å². The van der Waals surface area contributed by atoms with Crippen LogP contribution in [0.15, 0.2) is 85.1 Å². The summed E-state index contributed by atoms with van der Waals surface area (Å²) in [4.78, 5) is 33.4. The number of anilines is 1. The lowest BCUT2D eigenvalue weighted by Crippen LogP contribution is -2.46. The van der Waals surface area contributed by atoms with Crippen LogP contribution in [0.4, 0.5) is 10.5 Å². The maximum absolute atomic E-state index is 13.6. The predicted molar refractivity (Wildman–Crippen MR) is 149 cm³/mol. The van der Waals surface area contributed by atoms with E-state index >= 15 is 0 Å². The van der Waals surface area contributed by atoms with Crippen LogP contribution in [0.25, 0.3) is 10.9 Å². The maximum atomic E-state index is 13.6. The van der Waals surface area contributed by atoms with Crippen LogP contribution in [0.1, 0.15) is 11.1 Å². The number of aromatic amines is 1. The minimum atomic E-state index is -0.364. The van der Waals surface area contributed by atoms with Crippen molar-refractivity contribution in [1.82, 2.24) is 14.8 Å². The molecule has 0 spiro atoms. The van der Waals surface area contributed by atoms with Gasteiger partial charge in [-0.05, 0) is 47.9 Å². The van der Waals surface area contributed by atoms with E-state index in [1.54, 1.807) is 38.5 Å². The van der Waals surface area contributed by atoms with Gasteiger partial charge in [-0.1, -0.05) is 48.5 Å². The number of fused-ring (bicyclic) bond motifs is 1. The minimum Gasteiger partial charge on any atom is -0.497 e. The third-order valence-electron chi connectivity index (χ3n) is 6.41. The largest absolute Gasteiger partial charge is 0.497 e. The Labute approximate surface area is 223 Å². The van der Waals surface area contributed by atoms with E-state index in [1.165, 1.54) is 4.90 Å². The number of rotatable bonds is 12. The van der Waals surface area contributed by atoms with E-state index in [2.05, 4.69) is 16.4 Å². The number of aromatic nitrogens is 1. The van der Waals surface area contributed by atoms with Crippen LogP contribution in [0, 0.1) is 0 Å². The number of ether oxygens (including phenoxy) is 2. The molecular formula is C30H34N4O4. The molecule has 4 rings (SSSR count). The first-order valence-corrected chi connectivity index (χ1v) is 12.6. The lowest BCUT2D eigenvalue weighted by Gasteiger charge is -2.28. The molecule has 8 nitrogen and oxygen atoms in total. The fraction of sp³-hybridized carbons (Fsp3) is 0.267. The van der Waals surface area contributed by atoms with Gasteiger partial charge in [-0.25, -0.2) is 4.79 Å². The molecule has 8 heteroatoms. The Morgan fingerprint density at radius 1 is 0.868 bits per heavy atom. The Morgan fingerprint density at radius 2 is 1.61 bits per heavy atom. The number of amides is 3. The number of carbonyl (C=O) groups is 2. The highest BCUT2D eigenvalue weighted by Gasteiger charge is 2.22. The Morgan fingerprint density at radius 3 is 2.34 bits per heavy atom. The fourth-order valence-corrected chi connectivity index (χ4v) is 4.28. The zero-order chi connectivity index (χ0) is 26.7. The number of hydrogen-bond donors (Lipinski definition) is 2. The number of methoxy groups -OCH3 is 2. The SMILES string of the molecule is COCCN(CC(=O)N(CCc1c[nH]c2ccccc12)Cc1ccccc1)C(=O)Nc1ccc(OC)cc1. The molecule has 198 valence electrons. The van der Waals surface area contributed by atoms with Crippen molar-refractivity contribution in [3.63, 3.8) is 0 Å². The molecule has 38 heavy (non-hydrogen) atoms. The predicted octanol–water partition coefficient (Wildman–Crippen LogP) is 4.93. The standard InChI is InChI=1S/C30H34N4O4/c1-37-19-18-34(30(36)32-25-12-14-26(38-2)15-13-25)22-29(35)33(21-23-8-4-3-5-9-23)17-16-24-20-31-28-11-7-6-10-27(24)28/h3-15,20,31H,16-19,21-22H2,1-2H3,(H,32,36). The number of nitrogens with one attached hydrogen (secondary N) is 2. The molecule has 3 aromatic carbocycles. The Hall–Kier alpha value is -4.30. The highest BCUT2D eigenvalue weighted by molar-refractivity contribution is 5.92. The lowest BCUT2D eigenvalue weighted by molar-refractivity contribution is -0.132. The average Bonchev–Trinajstić information content (AvgIpc) is 3.37. The quantitative estimate of drug-likeness (QED) is 0.281. The molecular weight excluding hydrogens is 480 g/mol. The monoisotopic (exact) mass is 514 g/mol. The van der Waals surface area contributed by atoms with Crippen molar-refractivity contribution < 1.29 is 19.1 Å². The molecule has 0 atom stereocenters. The van der Waals surface area contributed by atoms with Gasteiger partial charge in [0.15, 0.2) is 0 Å². The van der Waals surface area contributed by atoms with Crippen LogP contribution in [-0.4, -0.2) is 67.2 Å². The molecule has 1 aromatic heterocycles. The molecule has 2 N–H and O–H groups in total. The summed E-state index contributed by atoms with van der Waals surface area (Å²) in [5.74, 6) is 0.566. The number of benzene rings is 3. The van der Waals surface area contributed by atoms with E-state index in [-0.39, 0.29) is 25.0 Å². The molecule has 0 fully saturated rings.